The highest BCUT2D eigenvalue weighted by Crippen LogP contribution is 2.40. The molecule has 1 heterocycles. The Balaban J connectivity index is 2.25. The standard InChI is InChI=1S/C10H16N4O4S/c1-2-12-19(17,18)14-10(4-3-5-10)9-11-6-7(13-9)8(15)16/h6,12,14H,2-5H2,1H3,(H,11,13)(H,15,16). The third-order valence-electron chi connectivity index (χ3n) is 3.13. The van der Waals surface area contributed by atoms with Crippen molar-refractivity contribution in [2.24, 2.45) is 0 Å². The highest BCUT2D eigenvalue weighted by atomic mass is 32.2. The van der Waals surface area contributed by atoms with Crippen molar-refractivity contribution in [1.82, 2.24) is 19.4 Å². The largest absolute Gasteiger partial charge is 0.477 e. The van der Waals surface area contributed by atoms with E-state index in [9.17, 15) is 13.2 Å². The topological polar surface area (TPSA) is 124 Å². The molecule has 0 atom stereocenters. The molecule has 1 aliphatic carbocycles. The van der Waals surface area contributed by atoms with Crippen LogP contribution >= 0.6 is 0 Å². The monoisotopic (exact) mass is 288 g/mol. The Morgan fingerprint density at radius 2 is 2.26 bits per heavy atom. The fourth-order valence-corrected chi connectivity index (χ4v) is 3.34. The fraction of sp³-hybridized carbons (Fsp3) is 0.600. The summed E-state index contributed by atoms with van der Waals surface area (Å²) in [7, 11) is -3.62. The molecule has 0 aromatic carbocycles. The quantitative estimate of drug-likeness (QED) is 0.583. The summed E-state index contributed by atoms with van der Waals surface area (Å²) in [4.78, 5) is 17.5. The van der Waals surface area contributed by atoms with Crippen LogP contribution in [0.2, 0.25) is 0 Å². The number of aromatic amines is 1. The Bertz CT molecular complexity index is 576. The first-order chi connectivity index (χ1) is 8.88. The lowest BCUT2D eigenvalue weighted by molar-refractivity contribution is 0.0690. The van der Waals surface area contributed by atoms with Crippen LogP contribution in [0, 0.1) is 0 Å². The van der Waals surface area contributed by atoms with Crippen molar-refractivity contribution in [1.29, 1.82) is 0 Å². The van der Waals surface area contributed by atoms with Crippen LogP contribution in [-0.4, -0.2) is 36.0 Å². The molecule has 8 nitrogen and oxygen atoms in total. The van der Waals surface area contributed by atoms with Gasteiger partial charge in [-0.1, -0.05) is 6.92 Å². The lowest BCUT2D eigenvalue weighted by Crippen LogP contribution is -2.54. The summed E-state index contributed by atoms with van der Waals surface area (Å²) in [5.74, 6) is -0.777. The highest BCUT2D eigenvalue weighted by molar-refractivity contribution is 7.87. The van der Waals surface area contributed by atoms with Gasteiger partial charge in [-0.2, -0.15) is 13.1 Å². The van der Waals surface area contributed by atoms with Gasteiger partial charge in [0.1, 0.15) is 11.5 Å². The van der Waals surface area contributed by atoms with Gasteiger partial charge in [-0.05, 0) is 19.3 Å². The summed E-state index contributed by atoms with van der Waals surface area (Å²) in [6.07, 6.45) is 3.23. The van der Waals surface area contributed by atoms with Crippen LogP contribution in [0.1, 0.15) is 42.5 Å². The first kappa shape index (κ1) is 14.0. The number of hydrogen-bond donors (Lipinski definition) is 4. The summed E-state index contributed by atoms with van der Waals surface area (Å²) in [6.45, 7) is 1.96. The Labute approximate surface area is 110 Å². The molecule has 9 heteroatoms. The minimum absolute atomic E-state index is 0.0519. The Hall–Kier alpha value is -1.45. The average molecular weight is 288 g/mol. The molecule has 0 aliphatic heterocycles. The number of nitrogens with one attached hydrogen (secondary N) is 3. The first-order valence-electron chi connectivity index (χ1n) is 5.96. The van der Waals surface area contributed by atoms with Crippen molar-refractivity contribution < 1.29 is 18.3 Å². The normalized spacial score (nSPS) is 17.9. The van der Waals surface area contributed by atoms with Gasteiger partial charge in [-0.15, -0.1) is 0 Å². The van der Waals surface area contributed by atoms with Gasteiger partial charge in [0.15, 0.2) is 0 Å². The smallest absolute Gasteiger partial charge is 0.353 e. The second-order valence-corrected chi connectivity index (χ2v) is 5.99. The summed E-state index contributed by atoms with van der Waals surface area (Å²) >= 11 is 0. The second kappa shape index (κ2) is 4.91. The molecule has 0 spiro atoms. The number of carboxylic acid groups (broad SMARTS) is 1. The molecule has 1 aliphatic rings. The van der Waals surface area contributed by atoms with Crippen LogP contribution in [0.3, 0.4) is 0 Å². The maximum Gasteiger partial charge on any atom is 0.353 e. The van der Waals surface area contributed by atoms with E-state index in [0.29, 0.717) is 18.7 Å². The van der Waals surface area contributed by atoms with Crippen molar-refractivity contribution in [2.45, 2.75) is 31.7 Å². The molecule has 106 valence electrons. The number of imidazole rings is 1. The van der Waals surface area contributed by atoms with Crippen LogP contribution in [0.15, 0.2) is 6.20 Å². The van der Waals surface area contributed by atoms with E-state index < -0.39 is 21.7 Å². The Morgan fingerprint density at radius 3 is 2.68 bits per heavy atom. The molecular weight excluding hydrogens is 272 g/mol. The first-order valence-corrected chi connectivity index (χ1v) is 7.44. The minimum atomic E-state index is -3.62. The van der Waals surface area contributed by atoms with Crippen LogP contribution in [0.4, 0.5) is 0 Å². The third kappa shape index (κ3) is 2.77. The van der Waals surface area contributed by atoms with E-state index in [-0.39, 0.29) is 12.2 Å². The van der Waals surface area contributed by atoms with Gasteiger partial charge in [-0.3, -0.25) is 0 Å². The van der Waals surface area contributed by atoms with Gasteiger partial charge in [-0.25, -0.2) is 14.5 Å². The van der Waals surface area contributed by atoms with E-state index in [0.717, 1.165) is 6.42 Å². The number of hydrogen-bond acceptors (Lipinski definition) is 4. The van der Waals surface area contributed by atoms with E-state index in [2.05, 4.69) is 19.4 Å². The molecule has 0 unspecified atom stereocenters. The molecule has 1 aromatic heterocycles. The number of nitrogens with zero attached hydrogens (tertiary/aromatic N) is 1. The maximum absolute atomic E-state index is 11.8. The van der Waals surface area contributed by atoms with Crippen molar-refractivity contribution in [3.05, 3.63) is 17.7 Å². The summed E-state index contributed by atoms with van der Waals surface area (Å²) in [5, 5.41) is 8.85. The minimum Gasteiger partial charge on any atom is -0.477 e. The molecule has 0 amide bonds. The number of carboxylic acids is 1. The zero-order chi connectivity index (χ0) is 14.1. The molecule has 0 bridgehead atoms. The van der Waals surface area contributed by atoms with Gasteiger partial charge in [0.05, 0.1) is 11.7 Å². The highest BCUT2D eigenvalue weighted by Gasteiger charge is 2.44. The van der Waals surface area contributed by atoms with Gasteiger partial charge in [0.2, 0.25) is 0 Å². The molecule has 1 saturated carbocycles. The summed E-state index contributed by atoms with van der Waals surface area (Å²) in [6, 6.07) is 0. The predicted octanol–water partition coefficient (Wildman–Crippen LogP) is -0.0690. The molecule has 0 radical (unpaired) electrons. The summed E-state index contributed by atoms with van der Waals surface area (Å²) in [5.41, 5.74) is -0.877. The van der Waals surface area contributed by atoms with Crippen molar-refractivity contribution >= 4 is 16.2 Å². The number of aromatic nitrogens is 2. The van der Waals surface area contributed by atoms with Gasteiger partial charge < -0.3 is 10.1 Å². The maximum atomic E-state index is 11.8. The van der Waals surface area contributed by atoms with Gasteiger partial charge in [0.25, 0.3) is 10.2 Å². The van der Waals surface area contributed by atoms with Crippen molar-refractivity contribution in [2.75, 3.05) is 6.54 Å². The lowest BCUT2D eigenvalue weighted by atomic mass is 9.77. The zero-order valence-corrected chi connectivity index (χ0v) is 11.2. The van der Waals surface area contributed by atoms with E-state index in [1.807, 2.05) is 0 Å². The van der Waals surface area contributed by atoms with Crippen LogP contribution in [0.25, 0.3) is 0 Å². The third-order valence-corrected chi connectivity index (χ3v) is 4.46. The van der Waals surface area contributed by atoms with Crippen LogP contribution in [-0.2, 0) is 15.7 Å². The van der Waals surface area contributed by atoms with Gasteiger partial charge >= 0.3 is 5.97 Å². The zero-order valence-electron chi connectivity index (χ0n) is 10.4. The molecule has 2 rings (SSSR count). The molecule has 0 saturated heterocycles. The lowest BCUT2D eigenvalue weighted by Gasteiger charge is -2.40. The van der Waals surface area contributed by atoms with Gasteiger partial charge in [0, 0.05) is 6.54 Å². The molecular formula is C10H16N4O4S. The van der Waals surface area contributed by atoms with Crippen LogP contribution < -0.4 is 9.44 Å². The van der Waals surface area contributed by atoms with E-state index in [1.165, 1.54) is 6.20 Å². The van der Waals surface area contributed by atoms with Crippen LogP contribution in [0.5, 0.6) is 0 Å². The second-order valence-electron chi connectivity index (χ2n) is 4.49. The molecule has 1 aromatic rings. The predicted molar refractivity (Wildman–Crippen MR) is 66.8 cm³/mol. The Morgan fingerprint density at radius 1 is 1.58 bits per heavy atom. The molecule has 4 N–H and O–H groups in total. The van der Waals surface area contributed by atoms with Crippen molar-refractivity contribution in [3.63, 3.8) is 0 Å². The average Bonchev–Trinajstić information content (AvgIpc) is 2.73. The molecule has 19 heavy (non-hydrogen) atoms. The Kier molecular flexibility index (Phi) is 3.61. The number of carbonyl (C=O) groups is 1. The van der Waals surface area contributed by atoms with E-state index in [1.54, 1.807) is 6.92 Å². The SMILES string of the molecule is CCNS(=O)(=O)NC1(c2ncc(C(=O)O)[nH]2)CCC1. The molecule has 1 fully saturated rings. The number of aromatic carboxylic acids is 1. The van der Waals surface area contributed by atoms with E-state index in [4.69, 9.17) is 5.11 Å². The number of rotatable bonds is 6. The summed E-state index contributed by atoms with van der Waals surface area (Å²) < 4.78 is 28.4. The number of H-pyrrole nitrogens is 1. The fourth-order valence-electron chi connectivity index (χ4n) is 2.07. The van der Waals surface area contributed by atoms with E-state index >= 15 is 0 Å². The van der Waals surface area contributed by atoms with Crippen molar-refractivity contribution in [3.8, 4) is 0 Å².